The fourth-order valence-corrected chi connectivity index (χ4v) is 3.55. The van der Waals surface area contributed by atoms with Crippen molar-refractivity contribution in [3.8, 4) is 0 Å². The standard InChI is InChI=1S/C14H19N3OS/c18-13(10-17-7-2-5-15-17)9-16-6-1-3-14(16)12-4-8-19-11-12/h2,4-5,7-8,11,13-14,18H,1,3,6,9-10H2/t13-,14+/m0/s1. The number of nitrogens with zero attached hydrogens (tertiary/aromatic N) is 3. The van der Waals surface area contributed by atoms with Crippen LogP contribution in [0.1, 0.15) is 24.4 Å². The van der Waals surface area contributed by atoms with Gasteiger partial charge in [-0.1, -0.05) is 0 Å². The average Bonchev–Trinajstić information content (AvgIpc) is 3.09. The number of hydrogen-bond donors (Lipinski definition) is 1. The van der Waals surface area contributed by atoms with Crippen molar-refractivity contribution in [3.05, 3.63) is 40.8 Å². The summed E-state index contributed by atoms with van der Waals surface area (Å²) < 4.78 is 1.79. The molecule has 1 fully saturated rings. The molecule has 2 aromatic rings. The fraction of sp³-hybridized carbons (Fsp3) is 0.500. The summed E-state index contributed by atoms with van der Waals surface area (Å²) in [5, 5.41) is 18.7. The minimum Gasteiger partial charge on any atom is -0.390 e. The highest BCUT2D eigenvalue weighted by Crippen LogP contribution is 2.32. The molecule has 4 nitrogen and oxygen atoms in total. The van der Waals surface area contributed by atoms with Crippen LogP contribution >= 0.6 is 11.3 Å². The minimum absolute atomic E-state index is 0.362. The van der Waals surface area contributed by atoms with Crippen LogP contribution in [0.3, 0.4) is 0 Å². The van der Waals surface area contributed by atoms with Gasteiger partial charge in [-0.2, -0.15) is 16.4 Å². The lowest BCUT2D eigenvalue weighted by molar-refractivity contribution is 0.0891. The van der Waals surface area contributed by atoms with E-state index in [9.17, 15) is 5.11 Å². The van der Waals surface area contributed by atoms with E-state index in [0.717, 1.165) is 13.1 Å². The van der Waals surface area contributed by atoms with Gasteiger partial charge in [0.2, 0.25) is 0 Å². The Labute approximate surface area is 117 Å². The molecule has 1 saturated heterocycles. The molecule has 0 unspecified atom stereocenters. The Morgan fingerprint density at radius 2 is 2.42 bits per heavy atom. The Hall–Kier alpha value is -1.17. The lowest BCUT2D eigenvalue weighted by Crippen LogP contribution is -2.34. The number of aliphatic hydroxyl groups is 1. The molecule has 3 heterocycles. The van der Waals surface area contributed by atoms with Gasteiger partial charge in [0.05, 0.1) is 12.6 Å². The monoisotopic (exact) mass is 277 g/mol. The van der Waals surface area contributed by atoms with Gasteiger partial charge in [0.15, 0.2) is 0 Å². The minimum atomic E-state index is -0.362. The van der Waals surface area contributed by atoms with Crippen molar-refractivity contribution in [1.82, 2.24) is 14.7 Å². The van der Waals surface area contributed by atoms with E-state index in [1.807, 2.05) is 12.3 Å². The second-order valence-corrected chi connectivity index (χ2v) is 5.87. The second kappa shape index (κ2) is 5.86. The van der Waals surface area contributed by atoms with Crippen molar-refractivity contribution in [2.45, 2.75) is 31.5 Å². The van der Waals surface area contributed by atoms with Gasteiger partial charge in [-0.15, -0.1) is 0 Å². The first kappa shape index (κ1) is 12.8. The maximum atomic E-state index is 10.2. The summed E-state index contributed by atoms with van der Waals surface area (Å²) in [6, 6.07) is 4.57. The van der Waals surface area contributed by atoms with Gasteiger partial charge in [-0.05, 0) is 47.8 Å². The molecule has 19 heavy (non-hydrogen) atoms. The molecule has 1 aliphatic heterocycles. The van der Waals surface area contributed by atoms with Crippen molar-refractivity contribution < 1.29 is 5.11 Å². The molecule has 0 aromatic carbocycles. The predicted octanol–water partition coefficient (Wildman–Crippen LogP) is 2.14. The van der Waals surface area contributed by atoms with E-state index >= 15 is 0 Å². The Kier molecular flexibility index (Phi) is 3.96. The first-order valence-electron chi connectivity index (χ1n) is 6.74. The van der Waals surface area contributed by atoms with E-state index in [0.29, 0.717) is 12.6 Å². The molecule has 0 saturated carbocycles. The highest BCUT2D eigenvalue weighted by Gasteiger charge is 2.27. The molecule has 0 amide bonds. The van der Waals surface area contributed by atoms with Gasteiger partial charge in [-0.25, -0.2) is 0 Å². The summed E-state index contributed by atoms with van der Waals surface area (Å²) in [5.74, 6) is 0. The van der Waals surface area contributed by atoms with Gasteiger partial charge in [-0.3, -0.25) is 9.58 Å². The Morgan fingerprint density at radius 3 is 3.16 bits per heavy atom. The predicted molar refractivity (Wildman–Crippen MR) is 76.1 cm³/mol. The number of aromatic nitrogens is 2. The van der Waals surface area contributed by atoms with Crippen LogP contribution in [0.25, 0.3) is 0 Å². The van der Waals surface area contributed by atoms with Crippen LogP contribution in [0.5, 0.6) is 0 Å². The Morgan fingerprint density at radius 1 is 1.47 bits per heavy atom. The molecule has 5 heteroatoms. The molecule has 1 aliphatic rings. The first-order valence-corrected chi connectivity index (χ1v) is 7.69. The summed E-state index contributed by atoms with van der Waals surface area (Å²) in [6.07, 6.45) is 5.69. The van der Waals surface area contributed by atoms with Crippen LogP contribution in [-0.4, -0.2) is 39.0 Å². The van der Waals surface area contributed by atoms with Gasteiger partial charge in [0.1, 0.15) is 0 Å². The normalized spacial score (nSPS) is 21.8. The lowest BCUT2D eigenvalue weighted by atomic mass is 10.1. The number of rotatable bonds is 5. The number of hydrogen-bond acceptors (Lipinski definition) is 4. The van der Waals surface area contributed by atoms with Crippen LogP contribution in [0.4, 0.5) is 0 Å². The number of likely N-dealkylation sites (tertiary alicyclic amines) is 1. The van der Waals surface area contributed by atoms with Crippen LogP contribution in [0.2, 0.25) is 0 Å². The van der Waals surface area contributed by atoms with Crippen LogP contribution < -0.4 is 0 Å². The fourth-order valence-electron chi connectivity index (χ4n) is 2.84. The third-order valence-electron chi connectivity index (χ3n) is 3.69. The average molecular weight is 277 g/mol. The summed E-state index contributed by atoms with van der Waals surface area (Å²) in [7, 11) is 0. The number of β-amino-alcohol motifs (C(OH)–C–C–N with tert-alkyl or cyclic N) is 1. The maximum Gasteiger partial charge on any atom is 0.0862 e. The summed E-state index contributed by atoms with van der Waals surface area (Å²) >= 11 is 1.75. The summed E-state index contributed by atoms with van der Waals surface area (Å²) in [4.78, 5) is 2.40. The van der Waals surface area contributed by atoms with E-state index in [-0.39, 0.29) is 6.10 Å². The van der Waals surface area contributed by atoms with Crippen LogP contribution in [0, 0.1) is 0 Å². The highest BCUT2D eigenvalue weighted by molar-refractivity contribution is 7.07. The van der Waals surface area contributed by atoms with Crippen molar-refractivity contribution in [1.29, 1.82) is 0 Å². The van der Waals surface area contributed by atoms with Gasteiger partial charge < -0.3 is 5.11 Å². The molecule has 2 atom stereocenters. The quantitative estimate of drug-likeness (QED) is 0.910. The molecular weight excluding hydrogens is 258 g/mol. The van der Waals surface area contributed by atoms with E-state index in [4.69, 9.17) is 0 Å². The Bertz CT molecular complexity index is 483. The molecule has 2 aromatic heterocycles. The third kappa shape index (κ3) is 3.05. The van der Waals surface area contributed by atoms with Gasteiger partial charge in [0, 0.05) is 25.0 Å². The van der Waals surface area contributed by atoms with E-state index in [2.05, 4.69) is 26.8 Å². The van der Waals surface area contributed by atoms with E-state index in [1.54, 1.807) is 22.2 Å². The molecule has 1 N–H and O–H groups in total. The van der Waals surface area contributed by atoms with Crippen molar-refractivity contribution in [2.75, 3.05) is 13.1 Å². The van der Waals surface area contributed by atoms with Crippen LogP contribution in [-0.2, 0) is 6.54 Å². The maximum absolute atomic E-state index is 10.2. The topological polar surface area (TPSA) is 41.3 Å². The molecule has 0 bridgehead atoms. The zero-order valence-corrected chi connectivity index (χ0v) is 11.7. The molecule has 102 valence electrons. The smallest absolute Gasteiger partial charge is 0.0862 e. The molecule has 0 radical (unpaired) electrons. The lowest BCUT2D eigenvalue weighted by Gasteiger charge is -2.26. The van der Waals surface area contributed by atoms with Crippen molar-refractivity contribution in [2.24, 2.45) is 0 Å². The third-order valence-corrected chi connectivity index (χ3v) is 4.40. The first-order chi connectivity index (χ1) is 9.33. The molecular formula is C14H19N3OS. The number of thiophene rings is 1. The highest BCUT2D eigenvalue weighted by atomic mass is 32.1. The molecule has 3 rings (SSSR count). The SMILES string of the molecule is O[C@@H](CN1CCC[C@@H]1c1ccsc1)Cn1cccn1. The van der Waals surface area contributed by atoms with Crippen molar-refractivity contribution >= 4 is 11.3 Å². The summed E-state index contributed by atoms with van der Waals surface area (Å²) in [6.45, 7) is 2.37. The van der Waals surface area contributed by atoms with Crippen LogP contribution in [0.15, 0.2) is 35.3 Å². The van der Waals surface area contributed by atoms with Gasteiger partial charge in [0.25, 0.3) is 0 Å². The largest absolute Gasteiger partial charge is 0.390 e. The molecule has 0 spiro atoms. The Balaban J connectivity index is 1.59. The van der Waals surface area contributed by atoms with E-state index in [1.165, 1.54) is 18.4 Å². The molecule has 0 aliphatic carbocycles. The van der Waals surface area contributed by atoms with Gasteiger partial charge >= 0.3 is 0 Å². The van der Waals surface area contributed by atoms with Crippen molar-refractivity contribution in [3.63, 3.8) is 0 Å². The summed E-state index contributed by atoms with van der Waals surface area (Å²) in [5.41, 5.74) is 1.40. The zero-order chi connectivity index (χ0) is 13.1. The zero-order valence-electron chi connectivity index (χ0n) is 10.9. The number of aliphatic hydroxyl groups excluding tert-OH is 1. The van der Waals surface area contributed by atoms with E-state index < -0.39 is 0 Å². The second-order valence-electron chi connectivity index (χ2n) is 5.09.